The van der Waals surface area contributed by atoms with Gasteiger partial charge in [-0.05, 0) is 24.6 Å². The number of epoxide rings is 1. The van der Waals surface area contributed by atoms with E-state index < -0.39 is 30.1 Å². The molecule has 1 saturated heterocycles. The molecule has 1 aromatic rings. The van der Waals surface area contributed by atoms with Crippen LogP contribution < -0.4 is 4.74 Å². The van der Waals surface area contributed by atoms with E-state index >= 15 is 0 Å². The molecule has 29 heavy (non-hydrogen) atoms. The molecule has 1 heterocycles. The summed E-state index contributed by atoms with van der Waals surface area (Å²) in [5.41, 5.74) is 1.36. The zero-order chi connectivity index (χ0) is 21.6. The fourth-order valence-corrected chi connectivity index (χ4v) is 2.92. The number of methoxy groups -OCH3 is 1. The highest BCUT2D eigenvalue weighted by atomic mass is 16.6. The van der Waals surface area contributed by atoms with Crippen LogP contribution in [0, 0.1) is 0 Å². The van der Waals surface area contributed by atoms with Crippen molar-refractivity contribution in [3.8, 4) is 5.75 Å². The summed E-state index contributed by atoms with van der Waals surface area (Å²) in [5, 5.41) is 0. The van der Waals surface area contributed by atoms with Crippen molar-refractivity contribution in [1.29, 1.82) is 0 Å². The Morgan fingerprint density at radius 3 is 2.28 bits per heavy atom. The maximum Gasteiger partial charge on any atom is 0.303 e. The van der Waals surface area contributed by atoms with Gasteiger partial charge in [-0.3, -0.25) is 14.4 Å². The number of carbonyl (C=O) groups excluding carboxylic acids is 3. The van der Waals surface area contributed by atoms with Crippen LogP contribution in [0.25, 0.3) is 6.08 Å². The molecule has 8 heteroatoms. The lowest BCUT2D eigenvalue weighted by molar-refractivity contribution is -0.163. The highest BCUT2D eigenvalue weighted by Gasteiger charge is 2.47. The van der Waals surface area contributed by atoms with Gasteiger partial charge in [0.05, 0.1) is 13.2 Å². The summed E-state index contributed by atoms with van der Waals surface area (Å²) in [6, 6.07) is 5.34. The summed E-state index contributed by atoms with van der Waals surface area (Å²) < 4.78 is 26.7. The van der Waals surface area contributed by atoms with Gasteiger partial charge in [0.15, 0.2) is 12.2 Å². The molecule has 8 nitrogen and oxygen atoms in total. The molecule has 0 radical (unpaired) electrons. The van der Waals surface area contributed by atoms with Crippen LogP contribution in [0.3, 0.4) is 0 Å². The molecule has 1 fully saturated rings. The Hall–Kier alpha value is -2.87. The second-order valence-electron chi connectivity index (χ2n) is 6.62. The Labute approximate surface area is 169 Å². The quantitative estimate of drug-likeness (QED) is 0.350. The van der Waals surface area contributed by atoms with Gasteiger partial charge >= 0.3 is 17.9 Å². The first-order valence-corrected chi connectivity index (χ1v) is 9.20. The van der Waals surface area contributed by atoms with Crippen LogP contribution in [-0.4, -0.2) is 49.4 Å². The van der Waals surface area contributed by atoms with Gasteiger partial charge in [-0.1, -0.05) is 18.2 Å². The zero-order valence-corrected chi connectivity index (χ0v) is 17.2. The van der Waals surface area contributed by atoms with E-state index in [9.17, 15) is 14.4 Å². The molecule has 0 spiro atoms. The van der Waals surface area contributed by atoms with E-state index in [1.165, 1.54) is 27.9 Å². The van der Waals surface area contributed by atoms with E-state index in [0.29, 0.717) is 16.9 Å². The monoisotopic (exact) mass is 406 g/mol. The van der Waals surface area contributed by atoms with Crippen LogP contribution in [0.1, 0.15) is 38.8 Å². The molecule has 1 aliphatic heterocycles. The Balaban J connectivity index is 2.33. The van der Waals surface area contributed by atoms with Crippen LogP contribution in [0.5, 0.6) is 5.75 Å². The largest absolute Gasteiger partial charge is 0.496 e. The van der Waals surface area contributed by atoms with Gasteiger partial charge in [-0.2, -0.15) is 0 Å². The number of hydrogen-bond donors (Lipinski definition) is 0. The van der Waals surface area contributed by atoms with Gasteiger partial charge in [0.25, 0.3) is 0 Å². The van der Waals surface area contributed by atoms with Gasteiger partial charge in [0.2, 0.25) is 0 Å². The molecule has 1 aliphatic rings. The first kappa shape index (κ1) is 22.4. The third kappa shape index (κ3) is 6.60. The van der Waals surface area contributed by atoms with E-state index in [1.54, 1.807) is 30.4 Å². The number of hydrogen-bond acceptors (Lipinski definition) is 8. The minimum absolute atomic E-state index is 0.0212. The van der Waals surface area contributed by atoms with E-state index in [4.69, 9.17) is 23.7 Å². The zero-order valence-electron chi connectivity index (χ0n) is 17.2. The molecule has 2 rings (SSSR count). The Morgan fingerprint density at radius 2 is 1.76 bits per heavy atom. The van der Waals surface area contributed by atoms with Gasteiger partial charge < -0.3 is 23.7 Å². The summed E-state index contributed by atoms with van der Waals surface area (Å²) in [5.74, 6) is -0.886. The van der Waals surface area contributed by atoms with E-state index in [-0.39, 0.29) is 18.8 Å². The average Bonchev–Trinajstić information content (AvgIpc) is 3.37. The van der Waals surface area contributed by atoms with Crippen molar-refractivity contribution in [1.82, 2.24) is 0 Å². The second kappa shape index (κ2) is 10.1. The summed E-state index contributed by atoms with van der Waals surface area (Å²) in [6.45, 7) is 5.75. The second-order valence-corrected chi connectivity index (χ2v) is 6.62. The summed E-state index contributed by atoms with van der Waals surface area (Å²) in [4.78, 5) is 34.4. The van der Waals surface area contributed by atoms with E-state index in [0.717, 1.165) is 0 Å². The van der Waals surface area contributed by atoms with Gasteiger partial charge in [0, 0.05) is 26.3 Å². The van der Waals surface area contributed by atoms with E-state index in [1.807, 2.05) is 6.92 Å². The lowest BCUT2D eigenvalue weighted by atomic mass is 10.0. The number of ether oxygens (including phenoxy) is 5. The number of rotatable bonds is 9. The third-order valence-corrected chi connectivity index (χ3v) is 4.28. The van der Waals surface area contributed by atoms with Crippen molar-refractivity contribution in [2.75, 3.05) is 7.11 Å². The van der Waals surface area contributed by atoms with E-state index in [2.05, 4.69) is 0 Å². The van der Waals surface area contributed by atoms with Crippen LogP contribution in [0.2, 0.25) is 0 Å². The summed E-state index contributed by atoms with van der Waals surface area (Å²) in [6.07, 6.45) is 1.23. The lowest BCUT2D eigenvalue weighted by Crippen LogP contribution is -2.38. The highest BCUT2D eigenvalue weighted by Crippen LogP contribution is 2.31. The molecule has 4 atom stereocenters. The standard InChI is InChI=1S/C21H26O8/c1-12-20(27-12)21(29-15(4)24)19(28-14(3)23)10-9-16-7-6-8-18(25-5)17(16)11-26-13(2)22/h6-10,12,19-21H,11H2,1-5H3/t12-,19-,20+,21-/m1/s1. The topological polar surface area (TPSA) is 101 Å². The molecule has 0 N–H and O–H groups in total. The van der Waals surface area contributed by atoms with Gasteiger partial charge in [-0.25, -0.2) is 0 Å². The molecule has 0 unspecified atom stereocenters. The predicted molar refractivity (Wildman–Crippen MR) is 103 cm³/mol. The molecule has 0 aliphatic carbocycles. The maximum atomic E-state index is 11.6. The minimum atomic E-state index is -0.848. The predicted octanol–water partition coefficient (Wildman–Crippen LogP) is 2.42. The smallest absolute Gasteiger partial charge is 0.303 e. The first-order valence-electron chi connectivity index (χ1n) is 9.20. The number of benzene rings is 1. The van der Waals surface area contributed by atoms with Crippen LogP contribution in [-0.2, 0) is 39.9 Å². The third-order valence-electron chi connectivity index (χ3n) is 4.28. The maximum absolute atomic E-state index is 11.6. The summed E-state index contributed by atoms with van der Waals surface area (Å²) >= 11 is 0. The summed E-state index contributed by atoms with van der Waals surface area (Å²) in [7, 11) is 1.52. The first-order chi connectivity index (χ1) is 13.7. The lowest BCUT2D eigenvalue weighted by Gasteiger charge is -2.23. The highest BCUT2D eigenvalue weighted by molar-refractivity contribution is 5.68. The fourth-order valence-electron chi connectivity index (χ4n) is 2.92. The molecular formula is C21H26O8. The van der Waals surface area contributed by atoms with Crippen molar-refractivity contribution < 1.29 is 38.1 Å². The Morgan fingerprint density at radius 1 is 1.10 bits per heavy atom. The van der Waals surface area contributed by atoms with Crippen LogP contribution in [0.4, 0.5) is 0 Å². The molecule has 0 aromatic heterocycles. The van der Waals surface area contributed by atoms with Crippen molar-refractivity contribution >= 4 is 24.0 Å². The molecule has 158 valence electrons. The molecule has 0 saturated carbocycles. The molecule has 1 aromatic carbocycles. The molecule has 0 amide bonds. The van der Waals surface area contributed by atoms with Gasteiger partial charge in [-0.15, -0.1) is 0 Å². The molecule has 0 bridgehead atoms. The van der Waals surface area contributed by atoms with Crippen molar-refractivity contribution in [3.05, 3.63) is 35.4 Å². The minimum Gasteiger partial charge on any atom is -0.496 e. The fraction of sp³-hybridized carbons (Fsp3) is 0.476. The SMILES string of the molecule is COc1cccc(C=C[C@@H](OC(C)=O)[C@@H](OC(C)=O)[C@H]2O[C@@H]2C)c1COC(C)=O. The van der Waals surface area contributed by atoms with Crippen LogP contribution in [0.15, 0.2) is 24.3 Å². The van der Waals surface area contributed by atoms with Crippen molar-refractivity contribution in [3.63, 3.8) is 0 Å². The normalized spacial score (nSPS) is 19.9. The molecular weight excluding hydrogens is 380 g/mol. The number of carbonyl (C=O) groups is 3. The Bertz CT molecular complexity index is 785. The Kier molecular flexibility index (Phi) is 7.78. The number of esters is 3. The van der Waals surface area contributed by atoms with Gasteiger partial charge in [0.1, 0.15) is 18.5 Å². The average molecular weight is 406 g/mol. The van der Waals surface area contributed by atoms with Crippen LogP contribution >= 0.6 is 0 Å². The van der Waals surface area contributed by atoms with Crippen molar-refractivity contribution in [2.45, 2.75) is 58.7 Å². The van der Waals surface area contributed by atoms with Crippen molar-refractivity contribution in [2.24, 2.45) is 0 Å².